The molecule has 0 aromatic heterocycles. The summed E-state index contributed by atoms with van der Waals surface area (Å²) in [4.78, 5) is 13.5. The number of hydrogen-bond donors (Lipinski definition) is 1. The Labute approximate surface area is 113 Å². The Hall–Kier alpha value is -1.75. The van der Waals surface area contributed by atoms with E-state index in [9.17, 15) is 4.79 Å². The van der Waals surface area contributed by atoms with E-state index in [1.165, 1.54) is 0 Å². The number of carbonyl (C=O) groups excluding carboxylic acids is 1. The van der Waals surface area contributed by atoms with Crippen LogP contribution in [0.2, 0.25) is 0 Å². The van der Waals surface area contributed by atoms with E-state index in [1.54, 1.807) is 7.11 Å². The molecule has 0 radical (unpaired) electrons. The molecule has 1 unspecified atom stereocenters. The molecule has 5 nitrogen and oxygen atoms in total. The van der Waals surface area contributed by atoms with Crippen LogP contribution in [0.15, 0.2) is 24.3 Å². The van der Waals surface area contributed by atoms with E-state index in [1.807, 2.05) is 29.2 Å². The fourth-order valence-corrected chi connectivity index (χ4v) is 2.23. The second kappa shape index (κ2) is 6.43. The van der Waals surface area contributed by atoms with Gasteiger partial charge >= 0.3 is 0 Å². The molecule has 5 heteroatoms. The molecule has 1 amide bonds. The Morgan fingerprint density at radius 3 is 2.74 bits per heavy atom. The van der Waals surface area contributed by atoms with Crippen molar-refractivity contribution < 1.29 is 14.3 Å². The van der Waals surface area contributed by atoms with Crippen molar-refractivity contribution in [2.24, 2.45) is 11.7 Å². The number of hydrogen-bond acceptors (Lipinski definition) is 4. The number of ether oxygens (including phenoxy) is 2. The summed E-state index contributed by atoms with van der Waals surface area (Å²) in [6.07, 6.45) is 0.561. The third kappa shape index (κ3) is 3.38. The summed E-state index contributed by atoms with van der Waals surface area (Å²) in [5.74, 6) is 1.86. The minimum absolute atomic E-state index is 0.166. The third-order valence-corrected chi connectivity index (χ3v) is 3.32. The van der Waals surface area contributed by atoms with Crippen LogP contribution in [-0.4, -0.2) is 44.2 Å². The Morgan fingerprint density at radius 1 is 1.37 bits per heavy atom. The molecule has 1 heterocycles. The molecule has 1 atom stereocenters. The first-order valence-electron chi connectivity index (χ1n) is 6.48. The zero-order valence-electron chi connectivity index (χ0n) is 11.2. The largest absolute Gasteiger partial charge is 0.493 e. The van der Waals surface area contributed by atoms with Crippen LogP contribution in [0.25, 0.3) is 0 Å². The zero-order chi connectivity index (χ0) is 13.7. The molecule has 104 valence electrons. The van der Waals surface area contributed by atoms with E-state index in [4.69, 9.17) is 15.2 Å². The van der Waals surface area contributed by atoms with Gasteiger partial charge in [-0.2, -0.15) is 0 Å². The highest BCUT2D eigenvalue weighted by molar-refractivity contribution is 5.78. The minimum atomic E-state index is 0.166. The predicted octanol–water partition coefficient (Wildman–Crippen LogP) is 0.881. The lowest BCUT2D eigenvalue weighted by Gasteiger charge is -2.17. The average molecular weight is 264 g/mol. The first kappa shape index (κ1) is 13.7. The normalized spacial score (nSPS) is 18.7. The van der Waals surface area contributed by atoms with Crippen molar-refractivity contribution in [2.75, 3.05) is 33.4 Å². The van der Waals surface area contributed by atoms with Crippen molar-refractivity contribution in [1.82, 2.24) is 4.90 Å². The molecule has 1 saturated heterocycles. The van der Waals surface area contributed by atoms with Gasteiger partial charge in [0, 0.05) is 13.0 Å². The number of nitrogens with zero attached hydrogens (tertiary/aromatic N) is 1. The molecule has 1 aliphatic rings. The SMILES string of the molecule is COc1ccccc1OCCN1CC(CN)CC1=O. The summed E-state index contributed by atoms with van der Waals surface area (Å²) in [6.45, 7) is 2.36. The van der Waals surface area contributed by atoms with Crippen molar-refractivity contribution in [2.45, 2.75) is 6.42 Å². The van der Waals surface area contributed by atoms with Gasteiger partial charge in [0.1, 0.15) is 6.61 Å². The topological polar surface area (TPSA) is 64.8 Å². The smallest absolute Gasteiger partial charge is 0.223 e. The van der Waals surface area contributed by atoms with Crippen molar-refractivity contribution in [3.63, 3.8) is 0 Å². The molecular weight excluding hydrogens is 244 g/mol. The summed E-state index contributed by atoms with van der Waals surface area (Å²) < 4.78 is 10.9. The molecule has 0 saturated carbocycles. The van der Waals surface area contributed by atoms with Gasteiger partial charge in [0.15, 0.2) is 11.5 Å². The highest BCUT2D eigenvalue weighted by atomic mass is 16.5. The van der Waals surface area contributed by atoms with Crippen LogP contribution in [0.4, 0.5) is 0 Å². The van der Waals surface area contributed by atoms with E-state index in [0.29, 0.717) is 43.5 Å². The Bertz CT molecular complexity index is 436. The first-order valence-corrected chi connectivity index (χ1v) is 6.48. The zero-order valence-corrected chi connectivity index (χ0v) is 11.2. The fourth-order valence-electron chi connectivity index (χ4n) is 2.23. The number of methoxy groups -OCH3 is 1. The van der Waals surface area contributed by atoms with Crippen molar-refractivity contribution in [1.29, 1.82) is 0 Å². The summed E-state index contributed by atoms with van der Waals surface area (Å²) in [5, 5.41) is 0. The number of rotatable bonds is 6. The van der Waals surface area contributed by atoms with Gasteiger partial charge in [0.25, 0.3) is 0 Å². The van der Waals surface area contributed by atoms with Gasteiger partial charge in [0.05, 0.1) is 13.7 Å². The van der Waals surface area contributed by atoms with Gasteiger partial charge in [0.2, 0.25) is 5.91 Å². The Morgan fingerprint density at radius 2 is 2.11 bits per heavy atom. The van der Waals surface area contributed by atoms with Gasteiger partial charge < -0.3 is 20.1 Å². The van der Waals surface area contributed by atoms with Crippen LogP contribution in [0.3, 0.4) is 0 Å². The van der Waals surface area contributed by atoms with E-state index in [-0.39, 0.29) is 5.91 Å². The van der Waals surface area contributed by atoms with E-state index < -0.39 is 0 Å². The van der Waals surface area contributed by atoms with Gasteiger partial charge in [-0.1, -0.05) is 12.1 Å². The maximum atomic E-state index is 11.7. The lowest BCUT2D eigenvalue weighted by atomic mass is 10.1. The molecule has 0 spiro atoms. The second-order valence-corrected chi connectivity index (χ2v) is 4.64. The maximum Gasteiger partial charge on any atom is 0.223 e. The Balaban J connectivity index is 1.82. The van der Waals surface area contributed by atoms with Gasteiger partial charge in [-0.15, -0.1) is 0 Å². The van der Waals surface area contributed by atoms with Gasteiger partial charge in [-0.3, -0.25) is 4.79 Å². The number of carbonyl (C=O) groups is 1. The van der Waals surface area contributed by atoms with Crippen LogP contribution < -0.4 is 15.2 Å². The summed E-state index contributed by atoms with van der Waals surface area (Å²) in [6, 6.07) is 7.49. The van der Waals surface area contributed by atoms with Crippen molar-refractivity contribution in [3.8, 4) is 11.5 Å². The number of amides is 1. The van der Waals surface area contributed by atoms with E-state index in [0.717, 1.165) is 6.54 Å². The summed E-state index contributed by atoms with van der Waals surface area (Å²) in [7, 11) is 1.61. The molecule has 1 fully saturated rings. The molecule has 1 aromatic rings. The lowest BCUT2D eigenvalue weighted by Crippen LogP contribution is -2.30. The van der Waals surface area contributed by atoms with Crippen LogP contribution in [0, 0.1) is 5.92 Å². The summed E-state index contributed by atoms with van der Waals surface area (Å²) in [5.41, 5.74) is 5.59. The molecule has 1 aliphatic heterocycles. The molecular formula is C14H20N2O3. The third-order valence-electron chi connectivity index (χ3n) is 3.32. The number of para-hydroxylation sites is 2. The molecule has 2 rings (SSSR count). The van der Waals surface area contributed by atoms with E-state index in [2.05, 4.69) is 0 Å². The summed E-state index contributed by atoms with van der Waals surface area (Å²) >= 11 is 0. The molecule has 19 heavy (non-hydrogen) atoms. The lowest BCUT2D eigenvalue weighted by molar-refractivity contribution is -0.128. The Kier molecular flexibility index (Phi) is 4.63. The molecule has 1 aromatic carbocycles. The number of nitrogens with two attached hydrogens (primary N) is 1. The first-order chi connectivity index (χ1) is 9.24. The maximum absolute atomic E-state index is 11.7. The highest BCUT2D eigenvalue weighted by Gasteiger charge is 2.28. The van der Waals surface area contributed by atoms with Gasteiger partial charge in [-0.05, 0) is 24.6 Å². The van der Waals surface area contributed by atoms with Crippen LogP contribution in [0.5, 0.6) is 11.5 Å². The van der Waals surface area contributed by atoms with Crippen LogP contribution in [0.1, 0.15) is 6.42 Å². The second-order valence-electron chi connectivity index (χ2n) is 4.64. The van der Waals surface area contributed by atoms with Crippen LogP contribution >= 0.6 is 0 Å². The fraction of sp³-hybridized carbons (Fsp3) is 0.500. The van der Waals surface area contributed by atoms with E-state index >= 15 is 0 Å². The number of benzene rings is 1. The molecule has 0 aliphatic carbocycles. The molecule has 0 bridgehead atoms. The standard InChI is InChI=1S/C14H20N2O3/c1-18-12-4-2-3-5-13(12)19-7-6-16-10-11(9-15)8-14(16)17/h2-5,11H,6-10,15H2,1H3. The molecule has 2 N–H and O–H groups in total. The van der Waals surface area contributed by atoms with Crippen LogP contribution in [-0.2, 0) is 4.79 Å². The van der Waals surface area contributed by atoms with Gasteiger partial charge in [-0.25, -0.2) is 0 Å². The highest BCUT2D eigenvalue weighted by Crippen LogP contribution is 2.25. The average Bonchev–Trinajstić information content (AvgIpc) is 2.80. The monoisotopic (exact) mass is 264 g/mol. The predicted molar refractivity (Wildman–Crippen MR) is 72.2 cm³/mol. The van der Waals surface area contributed by atoms with Crippen molar-refractivity contribution >= 4 is 5.91 Å². The number of likely N-dealkylation sites (tertiary alicyclic amines) is 1. The van der Waals surface area contributed by atoms with Crippen molar-refractivity contribution in [3.05, 3.63) is 24.3 Å². The minimum Gasteiger partial charge on any atom is -0.493 e. The quantitative estimate of drug-likeness (QED) is 0.828.